The first kappa shape index (κ1) is 11.6. The first-order valence-electron chi connectivity index (χ1n) is 5.24. The predicted octanol–water partition coefficient (Wildman–Crippen LogP) is 1.62. The number of hydrogen-bond donors (Lipinski definition) is 1. The van der Waals surface area contributed by atoms with Crippen LogP contribution in [0.25, 0.3) is 0 Å². The molecule has 0 spiro atoms. The molecule has 0 aliphatic rings. The maximum atomic E-state index is 11.6. The molecule has 82 valence electrons. The van der Waals surface area contributed by atoms with E-state index in [1.165, 1.54) is 0 Å². The molecule has 0 saturated heterocycles. The summed E-state index contributed by atoms with van der Waals surface area (Å²) in [7, 11) is 0. The van der Waals surface area contributed by atoms with Crippen LogP contribution in [0.15, 0.2) is 6.07 Å². The average molecular weight is 207 g/mol. The molecular formula is C11H17N3O. The number of hydrogen-bond acceptors (Lipinski definition) is 3. The molecule has 0 unspecified atom stereocenters. The second-order valence-electron chi connectivity index (χ2n) is 3.55. The Labute approximate surface area is 90.1 Å². The van der Waals surface area contributed by atoms with E-state index in [-0.39, 0.29) is 5.91 Å². The highest BCUT2D eigenvalue weighted by Crippen LogP contribution is 1.99. The van der Waals surface area contributed by atoms with E-state index in [0.717, 1.165) is 18.5 Å². The van der Waals surface area contributed by atoms with Crippen molar-refractivity contribution in [3.63, 3.8) is 0 Å². The Balaban J connectivity index is 2.65. The highest BCUT2D eigenvalue weighted by Gasteiger charge is 2.07. The van der Waals surface area contributed by atoms with E-state index in [1.54, 1.807) is 13.0 Å². The third kappa shape index (κ3) is 3.65. The van der Waals surface area contributed by atoms with E-state index in [2.05, 4.69) is 22.2 Å². The largest absolute Gasteiger partial charge is 0.351 e. The lowest BCUT2D eigenvalue weighted by molar-refractivity contribution is 0.0947. The lowest BCUT2D eigenvalue weighted by Crippen LogP contribution is -2.25. The summed E-state index contributed by atoms with van der Waals surface area (Å²) in [5.74, 6) is 0.521. The monoisotopic (exact) mass is 207 g/mol. The zero-order chi connectivity index (χ0) is 11.3. The Morgan fingerprint density at radius 1 is 1.40 bits per heavy atom. The highest BCUT2D eigenvalue weighted by molar-refractivity contribution is 5.92. The van der Waals surface area contributed by atoms with Gasteiger partial charge in [0.25, 0.3) is 5.91 Å². The van der Waals surface area contributed by atoms with Crippen LogP contribution in [-0.2, 0) is 0 Å². The molecule has 1 aromatic heterocycles. The summed E-state index contributed by atoms with van der Waals surface area (Å²) in [5, 5.41) is 2.83. The number of carbonyl (C=O) groups is 1. The van der Waals surface area contributed by atoms with Crippen molar-refractivity contribution in [1.82, 2.24) is 15.3 Å². The minimum absolute atomic E-state index is 0.114. The van der Waals surface area contributed by atoms with Crippen molar-refractivity contribution in [1.29, 1.82) is 0 Å². The van der Waals surface area contributed by atoms with Crippen molar-refractivity contribution in [2.75, 3.05) is 6.54 Å². The Bertz CT molecular complexity index is 329. The van der Waals surface area contributed by atoms with E-state index in [9.17, 15) is 4.79 Å². The number of rotatable bonds is 4. The number of amides is 1. The van der Waals surface area contributed by atoms with E-state index >= 15 is 0 Å². The first-order valence-corrected chi connectivity index (χ1v) is 5.24. The van der Waals surface area contributed by atoms with Gasteiger partial charge in [0.05, 0.1) is 0 Å². The molecule has 0 bridgehead atoms. The molecule has 1 rings (SSSR count). The van der Waals surface area contributed by atoms with Gasteiger partial charge in [-0.15, -0.1) is 0 Å². The minimum Gasteiger partial charge on any atom is -0.351 e. The van der Waals surface area contributed by atoms with Gasteiger partial charge in [-0.05, 0) is 26.3 Å². The van der Waals surface area contributed by atoms with Crippen molar-refractivity contribution in [2.45, 2.75) is 33.6 Å². The van der Waals surface area contributed by atoms with E-state index < -0.39 is 0 Å². The SMILES string of the molecule is CCCCNC(=O)c1cc(C)nc(C)n1. The van der Waals surface area contributed by atoms with Crippen LogP contribution in [0.3, 0.4) is 0 Å². The third-order valence-electron chi connectivity index (χ3n) is 2.01. The first-order chi connectivity index (χ1) is 7.13. The molecular weight excluding hydrogens is 190 g/mol. The van der Waals surface area contributed by atoms with Gasteiger partial charge in [-0.25, -0.2) is 9.97 Å². The van der Waals surface area contributed by atoms with Gasteiger partial charge in [-0.3, -0.25) is 4.79 Å². The Kier molecular flexibility index (Phi) is 4.21. The molecule has 1 aromatic rings. The molecule has 4 nitrogen and oxygen atoms in total. The molecule has 4 heteroatoms. The summed E-state index contributed by atoms with van der Waals surface area (Å²) in [6.45, 7) is 6.44. The Morgan fingerprint density at radius 2 is 2.13 bits per heavy atom. The zero-order valence-electron chi connectivity index (χ0n) is 9.50. The number of carbonyl (C=O) groups excluding carboxylic acids is 1. The average Bonchev–Trinajstić information content (AvgIpc) is 2.16. The number of unbranched alkanes of at least 4 members (excludes halogenated alkanes) is 1. The fourth-order valence-corrected chi connectivity index (χ4v) is 1.30. The quantitative estimate of drug-likeness (QED) is 0.763. The maximum Gasteiger partial charge on any atom is 0.270 e. The van der Waals surface area contributed by atoms with Gasteiger partial charge in [-0.1, -0.05) is 13.3 Å². The fraction of sp³-hybridized carbons (Fsp3) is 0.545. The lowest BCUT2D eigenvalue weighted by Gasteiger charge is -2.04. The molecule has 1 heterocycles. The lowest BCUT2D eigenvalue weighted by atomic mass is 10.3. The molecule has 0 atom stereocenters. The van der Waals surface area contributed by atoms with Gasteiger partial charge in [-0.2, -0.15) is 0 Å². The summed E-state index contributed by atoms with van der Waals surface area (Å²) in [6, 6.07) is 1.70. The van der Waals surface area contributed by atoms with E-state index in [4.69, 9.17) is 0 Å². The van der Waals surface area contributed by atoms with Crippen LogP contribution in [0.4, 0.5) is 0 Å². The van der Waals surface area contributed by atoms with Crippen molar-refractivity contribution in [2.24, 2.45) is 0 Å². The van der Waals surface area contributed by atoms with Gasteiger partial charge in [0.2, 0.25) is 0 Å². The zero-order valence-corrected chi connectivity index (χ0v) is 9.50. The molecule has 0 aliphatic carbocycles. The van der Waals surface area contributed by atoms with Gasteiger partial charge < -0.3 is 5.32 Å². The van der Waals surface area contributed by atoms with Crippen LogP contribution in [0, 0.1) is 13.8 Å². The summed E-state index contributed by atoms with van der Waals surface area (Å²) in [6.07, 6.45) is 2.07. The maximum absolute atomic E-state index is 11.6. The minimum atomic E-state index is -0.114. The number of aromatic nitrogens is 2. The highest BCUT2D eigenvalue weighted by atomic mass is 16.1. The molecule has 0 aromatic carbocycles. The predicted molar refractivity (Wildman–Crippen MR) is 58.7 cm³/mol. The van der Waals surface area contributed by atoms with Crippen LogP contribution in [-0.4, -0.2) is 22.4 Å². The van der Waals surface area contributed by atoms with Crippen molar-refractivity contribution >= 4 is 5.91 Å². The van der Waals surface area contributed by atoms with Gasteiger partial charge in [0, 0.05) is 12.2 Å². The molecule has 0 aliphatic heterocycles. The summed E-state index contributed by atoms with van der Waals surface area (Å²) in [4.78, 5) is 19.8. The standard InChI is InChI=1S/C11H17N3O/c1-4-5-6-12-11(15)10-7-8(2)13-9(3)14-10/h7H,4-6H2,1-3H3,(H,12,15). The van der Waals surface area contributed by atoms with E-state index in [0.29, 0.717) is 18.1 Å². The molecule has 1 N–H and O–H groups in total. The van der Waals surface area contributed by atoms with Gasteiger partial charge in [0.1, 0.15) is 11.5 Å². The normalized spacial score (nSPS) is 10.1. The summed E-state index contributed by atoms with van der Waals surface area (Å²) in [5.41, 5.74) is 1.28. The molecule has 15 heavy (non-hydrogen) atoms. The third-order valence-corrected chi connectivity index (χ3v) is 2.01. The van der Waals surface area contributed by atoms with Crippen LogP contribution >= 0.6 is 0 Å². The van der Waals surface area contributed by atoms with Crippen molar-refractivity contribution in [3.05, 3.63) is 23.3 Å². The molecule has 0 fully saturated rings. The fourth-order valence-electron chi connectivity index (χ4n) is 1.30. The van der Waals surface area contributed by atoms with Crippen molar-refractivity contribution < 1.29 is 4.79 Å². The second-order valence-corrected chi connectivity index (χ2v) is 3.55. The van der Waals surface area contributed by atoms with Crippen LogP contribution < -0.4 is 5.32 Å². The Hall–Kier alpha value is -1.45. The van der Waals surface area contributed by atoms with Crippen LogP contribution in [0.5, 0.6) is 0 Å². The van der Waals surface area contributed by atoms with Gasteiger partial charge in [0.15, 0.2) is 0 Å². The molecule has 0 saturated carbocycles. The number of nitrogens with zero attached hydrogens (tertiary/aromatic N) is 2. The smallest absolute Gasteiger partial charge is 0.270 e. The van der Waals surface area contributed by atoms with Crippen molar-refractivity contribution in [3.8, 4) is 0 Å². The Morgan fingerprint density at radius 3 is 2.73 bits per heavy atom. The topological polar surface area (TPSA) is 54.9 Å². The van der Waals surface area contributed by atoms with Crippen LogP contribution in [0.2, 0.25) is 0 Å². The molecule has 0 radical (unpaired) electrons. The summed E-state index contributed by atoms with van der Waals surface area (Å²) >= 11 is 0. The second kappa shape index (κ2) is 5.44. The van der Waals surface area contributed by atoms with E-state index in [1.807, 2.05) is 6.92 Å². The molecule has 1 amide bonds. The number of nitrogens with one attached hydrogen (secondary N) is 1. The van der Waals surface area contributed by atoms with Crippen LogP contribution in [0.1, 0.15) is 41.8 Å². The summed E-state index contributed by atoms with van der Waals surface area (Å²) < 4.78 is 0. The number of aryl methyl sites for hydroxylation is 2. The van der Waals surface area contributed by atoms with Gasteiger partial charge >= 0.3 is 0 Å².